The molecule has 3 aliphatic rings. The van der Waals surface area contributed by atoms with Crippen molar-refractivity contribution < 1.29 is 39.5 Å². The summed E-state index contributed by atoms with van der Waals surface area (Å²) in [6.45, 7) is 3.46. The van der Waals surface area contributed by atoms with Crippen LogP contribution in [-0.4, -0.2) is 63.0 Å². The van der Waals surface area contributed by atoms with Crippen molar-refractivity contribution in [1.82, 2.24) is 0 Å². The van der Waals surface area contributed by atoms with E-state index in [0.29, 0.717) is 23.3 Å². The van der Waals surface area contributed by atoms with Crippen LogP contribution >= 0.6 is 0 Å². The number of carbonyl (C=O) groups excluding carboxylic acids is 2. The standard InChI is InChI=1S/C22H24O8/c1-3-4-15-16-10(5-9(2)30-15)6-11-13(23)7-12(18(25)17(11)20(16)27)22-21(28)19(26)14(24)8-29-22/h5-7,14-15,19,21-22,24,26-28H,3-4,8H2,1-2H3. The van der Waals surface area contributed by atoms with Crippen molar-refractivity contribution in [3.05, 3.63) is 45.7 Å². The van der Waals surface area contributed by atoms with Crippen LogP contribution in [0.1, 0.15) is 64.6 Å². The molecule has 5 unspecified atom stereocenters. The molecule has 0 aromatic heterocycles. The maximum atomic E-state index is 13.3. The lowest BCUT2D eigenvalue weighted by atomic mass is 9.80. The fourth-order valence-corrected chi connectivity index (χ4v) is 4.31. The summed E-state index contributed by atoms with van der Waals surface area (Å²) in [4.78, 5) is 26.1. The number of hydrogen-bond donors (Lipinski definition) is 4. The lowest BCUT2D eigenvalue weighted by molar-refractivity contribution is -0.175. The van der Waals surface area contributed by atoms with Crippen molar-refractivity contribution in [3.8, 4) is 5.75 Å². The van der Waals surface area contributed by atoms with Gasteiger partial charge in [-0.25, -0.2) is 0 Å². The van der Waals surface area contributed by atoms with E-state index in [1.54, 1.807) is 19.1 Å². The van der Waals surface area contributed by atoms with Crippen LogP contribution in [0.2, 0.25) is 0 Å². The van der Waals surface area contributed by atoms with Crippen molar-refractivity contribution >= 4 is 17.6 Å². The zero-order chi connectivity index (χ0) is 21.7. The molecule has 1 aromatic carbocycles. The normalized spacial score (nSPS) is 30.8. The highest BCUT2D eigenvalue weighted by Gasteiger charge is 2.44. The Morgan fingerprint density at radius 1 is 1.13 bits per heavy atom. The highest BCUT2D eigenvalue weighted by atomic mass is 16.5. The van der Waals surface area contributed by atoms with Gasteiger partial charge in [0.1, 0.15) is 36.3 Å². The van der Waals surface area contributed by atoms with Crippen LogP contribution in [0.3, 0.4) is 0 Å². The zero-order valence-corrected chi connectivity index (χ0v) is 16.7. The van der Waals surface area contributed by atoms with Gasteiger partial charge >= 0.3 is 0 Å². The van der Waals surface area contributed by atoms with Crippen molar-refractivity contribution in [3.63, 3.8) is 0 Å². The van der Waals surface area contributed by atoms with Crippen LogP contribution < -0.4 is 0 Å². The third kappa shape index (κ3) is 3.16. The number of fused-ring (bicyclic) bond motifs is 2. The molecule has 2 aliphatic heterocycles. The predicted molar refractivity (Wildman–Crippen MR) is 105 cm³/mol. The van der Waals surface area contributed by atoms with Crippen molar-refractivity contribution in [2.24, 2.45) is 0 Å². The SMILES string of the molecule is CCCC1OC(C)=Cc2cc3c(c(O)c21)C(=O)C(C1OCC(O)C(O)C1O)=CC3=O. The van der Waals surface area contributed by atoms with E-state index in [-0.39, 0.29) is 29.1 Å². The number of aliphatic hydroxyl groups is 3. The molecule has 8 nitrogen and oxygen atoms in total. The van der Waals surface area contributed by atoms with Crippen LogP contribution in [0, 0.1) is 0 Å². The summed E-state index contributed by atoms with van der Waals surface area (Å²) < 4.78 is 11.2. The number of benzene rings is 1. The molecule has 1 fully saturated rings. The molecule has 8 heteroatoms. The first kappa shape index (κ1) is 20.7. The molecule has 5 atom stereocenters. The van der Waals surface area contributed by atoms with Crippen LogP contribution in [0.5, 0.6) is 5.75 Å². The molecule has 0 spiro atoms. The number of aliphatic hydroxyl groups excluding tert-OH is 3. The van der Waals surface area contributed by atoms with Gasteiger partial charge in [-0.2, -0.15) is 0 Å². The summed E-state index contributed by atoms with van der Waals surface area (Å²) in [6, 6.07) is 1.57. The molecule has 4 N–H and O–H groups in total. The molecule has 1 aliphatic carbocycles. The molecule has 4 rings (SSSR count). The van der Waals surface area contributed by atoms with Gasteiger partial charge in [0, 0.05) is 16.7 Å². The van der Waals surface area contributed by atoms with E-state index in [4.69, 9.17) is 9.47 Å². The van der Waals surface area contributed by atoms with Gasteiger partial charge in [0.2, 0.25) is 0 Å². The molecule has 0 saturated carbocycles. The first-order valence-electron chi connectivity index (χ1n) is 9.95. The second-order valence-electron chi connectivity index (χ2n) is 7.90. The van der Waals surface area contributed by atoms with E-state index in [9.17, 15) is 30.0 Å². The molecule has 1 aromatic rings. The van der Waals surface area contributed by atoms with E-state index in [0.717, 1.165) is 12.5 Å². The second kappa shape index (κ2) is 7.63. The molecule has 1 saturated heterocycles. The van der Waals surface area contributed by atoms with Crippen molar-refractivity contribution in [2.75, 3.05) is 6.61 Å². The van der Waals surface area contributed by atoms with E-state index in [2.05, 4.69) is 0 Å². The Morgan fingerprint density at radius 3 is 2.57 bits per heavy atom. The summed E-state index contributed by atoms with van der Waals surface area (Å²) in [6.07, 6.45) is -2.00. The average Bonchev–Trinajstić information content (AvgIpc) is 2.69. The maximum Gasteiger partial charge on any atom is 0.196 e. The first-order chi connectivity index (χ1) is 14.2. The number of Topliss-reactive ketones (excluding diaryl/α,β-unsaturated/α-hetero) is 1. The summed E-state index contributed by atoms with van der Waals surface area (Å²) >= 11 is 0. The minimum atomic E-state index is -1.60. The average molecular weight is 416 g/mol. The number of ketones is 2. The topological polar surface area (TPSA) is 134 Å². The van der Waals surface area contributed by atoms with Crippen LogP contribution in [0.4, 0.5) is 0 Å². The van der Waals surface area contributed by atoms with Gasteiger partial charge in [-0.05, 0) is 37.1 Å². The Balaban J connectivity index is 1.81. The maximum absolute atomic E-state index is 13.3. The zero-order valence-electron chi connectivity index (χ0n) is 16.7. The molecule has 160 valence electrons. The number of phenolic OH excluding ortho intramolecular Hbond substituents is 1. The molecule has 0 radical (unpaired) electrons. The summed E-state index contributed by atoms with van der Waals surface area (Å²) in [5, 5.41) is 40.9. The molecule has 2 heterocycles. The Bertz CT molecular complexity index is 976. The fourth-order valence-electron chi connectivity index (χ4n) is 4.31. The molecule has 0 bridgehead atoms. The largest absolute Gasteiger partial charge is 0.507 e. The van der Waals surface area contributed by atoms with E-state index >= 15 is 0 Å². The number of rotatable bonds is 3. The van der Waals surface area contributed by atoms with Crippen LogP contribution in [0.25, 0.3) is 6.08 Å². The number of hydrogen-bond acceptors (Lipinski definition) is 8. The van der Waals surface area contributed by atoms with Gasteiger partial charge in [0.15, 0.2) is 11.6 Å². The van der Waals surface area contributed by atoms with E-state index in [1.807, 2.05) is 6.92 Å². The molecular weight excluding hydrogens is 392 g/mol. The van der Waals surface area contributed by atoms with Gasteiger partial charge in [-0.3, -0.25) is 9.59 Å². The lowest BCUT2D eigenvalue weighted by Crippen LogP contribution is -2.54. The quantitative estimate of drug-likeness (QED) is 0.581. The van der Waals surface area contributed by atoms with Crippen molar-refractivity contribution in [1.29, 1.82) is 0 Å². The van der Waals surface area contributed by atoms with Crippen LogP contribution in [0.15, 0.2) is 23.5 Å². The minimum absolute atomic E-state index is 0.0621. The molecule has 0 amide bonds. The fraction of sp³-hybridized carbons (Fsp3) is 0.455. The van der Waals surface area contributed by atoms with Gasteiger partial charge in [-0.15, -0.1) is 0 Å². The number of carbonyl (C=O) groups is 2. The Hall–Kier alpha value is -2.52. The molecular formula is C22H24O8. The molecule has 30 heavy (non-hydrogen) atoms. The van der Waals surface area contributed by atoms with Gasteiger partial charge < -0.3 is 29.9 Å². The number of aromatic hydroxyl groups is 1. The first-order valence-corrected chi connectivity index (χ1v) is 9.95. The Morgan fingerprint density at radius 2 is 1.87 bits per heavy atom. The van der Waals surface area contributed by atoms with Crippen LogP contribution in [-0.2, 0) is 9.47 Å². The van der Waals surface area contributed by atoms with E-state index < -0.39 is 42.1 Å². The number of phenols is 1. The highest BCUT2D eigenvalue weighted by molar-refractivity contribution is 6.26. The Labute approximate surface area is 173 Å². The summed E-state index contributed by atoms with van der Waals surface area (Å²) in [5.41, 5.74) is 0.803. The third-order valence-corrected chi connectivity index (χ3v) is 5.78. The Kier molecular flexibility index (Phi) is 5.27. The third-order valence-electron chi connectivity index (χ3n) is 5.78. The number of allylic oxidation sites excluding steroid dienone is 2. The lowest BCUT2D eigenvalue weighted by Gasteiger charge is -2.37. The number of ether oxygens (including phenoxy) is 2. The minimum Gasteiger partial charge on any atom is -0.507 e. The van der Waals surface area contributed by atoms with Gasteiger partial charge in [-0.1, -0.05) is 13.3 Å². The highest BCUT2D eigenvalue weighted by Crippen LogP contribution is 2.44. The van der Waals surface area contributed by atoms with Gasteiger partial charge in [0.05, 0.1) is 17.9 Å². The summed E-state index contributed by atoms with van der Waals surface area (Å²) in [7, 11) is 0. The van der Waals surface area contributed by atoms with E-state index in [1.165, 1.54) is 0 Å². The van der Waals surface area contributed by atoms with Gasteiger partial charge in [0.25, 0.3) is 0 Å². The monoisotopic (exact) mass is 416 g/mol. The van der Waals surface area contributed by atoms with Crippen molar-refractivity contribution in [2.45, 2.75) is 57.2 Å². The second-order valence-corrected chi connectivity index (χ2v) is 7.90. The summed E-state index contributed by atoms with van der Waals surface area (Å²) in [5.74, 6) is -0.852. The smallest absolute Gasteiger partial charge is 0.196 e. The predicted octanol–water partition coefficient (Wildman–Crippen LogP) is 1.41.